The number of imidazole rings is 1. The Morgan fingerprint density at radius 2 is 1.63 bits per heavy atom. The quantitative estimate of drug-likeness (QED) is 0.327. The van der Waals surface area contributed by atoms with Gasteiger partial charge in [0.25, 0.3) is 0 Å². The molecule has 1 heterocycles. The van der Waals surface area contributed by atoms with Gasteiger partial charge in [0.15, 0.2) is 0 Å². The molecule has 0 saturated heterocycles. The molecule has 4 nitrogen and oxygen atoms in total. The van der Waals surface area contributed by atoms with Gasteiger partial charge in [0.05, 0.1) is 11.4 Å². The van der Waals surface area contributed by atoms with Crippen LogP contribution in [0.15, 0.2) is 55.1 Å². The third-order valence-corrected chi connectivity index (χ3v) is 11.8. The molecule has 1 fully saturated rings. The van der Waals surface area contributed by atoms with Crippen molar-refractivity contribution in [2.24, 2.45) is 7.05 Å². The molecule has 0 atom stereocenters. The van der Waals surface area contributed by atoms with E-state index < -0.39 is 7.14 Å². The molecule has 0 unspecified atom stereocenters. The minimum Gasteiger partial charge on any atom is -0.354 e. The van der Waals surface area contributed by atoms with Gasteiger partial charge in [0.1, 0.15) is 18.7 Å². The normalized spacial score (nSPS) is 14.7. The fourth-order valence-electron chi connectivity index (χ4n) is 5.63. The van der Waals surface area contributed by atoms with Gasteiger partial charge in [-0.05, 0) is 49.6 Å². The average Bonchev–Trinajstić information content (AvgIpc) is 3.47. The number of rotatable bonds is 8. The summed E-state index contributed by atoms with van der Waals surface area (Å²) in [7, 11) is -0.320. The van der Waals surface area contributed by atoms with Gasteiger partial charge >= 0.3 is 0 Å². The van der Waals surface area contributed by atoms with Crippen LogP contribution in [0.3, 0.4) is 0 Å². The fourth-order valence-corrected chi connectivity index (χ4v) is 8.63. The molecule has 1 aromatic heterocycles. The molecule has 0 radical (unpaired) electrons. The molecule has 0 amide bonds. The van der Waals surface area contributed by atoms with Crippen molar-refractivity contribution in [1.29, 1.82) is 0 Å². The Hall–Kier alpha value is -2.58. The highest BCUT2D eigenvalue weighted by Gasteiger charge is 2.32. The van der Waals surface area contributed by atoms with Crippen molar-refractivity contribution in [3.05, 3.63) is 72.2 Å². The van der Waals surface area contributed by atoms with Crippen LogP contribution in [0.2, 0.25) is 0 Å². The van der Waals surface area contributed by atoms with Crippen LogP contribution in [-0.4, -0.2) is 20.9 Å². The zero-order valence-corrected chi connectivity index (χ0v) is 23.0. The van der Waals surface area contributed by atoms with E-state index in [9.17, 15) is 4.57 Å². The summed E-state index contributed by atoms with van der Waals surface area (Å²) in [6.07, 6.45) is 4.94. The van der Waals surface area contributed by atoms with E-state index in [1.54, 1.807) is 0 Å². The summed E-state index contributed by atoms with van der Waals surface area (Å²) in [6.45, 7) is 14.8. The summed E-state index contributed by atoms with van der Waals surface area (Å²) in [4.78, 5) is 5.16. The predicted molar refractivity (Wildman–Crippen MR) is 151 cm³/mol. The summed E-state index contributed by atoms with van der Waals surface area (Å²) in [6, 6.07) is 16.6. The molecule has 3 aromatic rings. The van der Waals surface area contributed by atoms with Crippen molar-refractivity contribution in [2.45, 2.75) is 77.5 Å². The molecule has 5 heteroatoms. The maximum atomic E-state index is 13.7. The average molecular weight is 490 g/mol. The Kier molecular flexibility index (Phi) is 7.43. The number of anilines is 1. The molecule has 0 aliphatic heterocycles. The number of hydrogen-bond donors (Lipinski definition) is 1. The lowest BCUT2D eigenvalue weighted by molar-refractivity contribution is 0.569. The van der Waals surface area contributed by atoms with Crippen LogP contribution in [0.1, 0.15) is 76.4 Å². The molecule has 186 valence electrons. The number of nitrogens with zero attached hydrogens (tertiary/aromatic N) is 2. The van der Waals surface area contributed by atoms with E-state index in [0.717, 1.165) is 33.9 Å². The number of aryl methyl sites for hydroxylation is 1. The van der Waals surface area contributed by atoms with Gasteiger partial charge < -0.3 is 14.4 Å². The van der Waals surface area contributed by atoms with Crippen LogP contribution in [0, 0.1) is 6.92 Å². The molecule has 4 rings (SSSR count). The number of benzene rings is 2. The zero-order valence-electron chi connectivity index (χ0n) is 22.1. The Bertz CT molecular complexity index is 1240. The SMILES string of the molecule is C=C(Nc1ccc(P(=O)(C(C)C)C(C)C)cc1)c1nc(C2CCCC2)n(C)c1-c1ccccc1C. The smallest absolute Gasteiger partial charge is 0.120 e. The Morgan fingerprint density at radius 1 is 1.03 bits per heavy atom. The van der Waals surface area contributed by atoms with Crippen LogP contribution < -0.4 is 10.6 Å². The Labute approximate surface area is 211 Å². The molecule has 0 bridgehead atoms. The van der Waals surface area contributed by atoms with Crippen molar-refractivity contribution in [2.75, 3.05) is 5.32 Å². The van der Waals surface area contributed by atoms with E-state index in [-0.39, 0.29) is 11.3 Å². The zero-order chi connectivity index (χ0) is 25.3. The van der Waals surface area contributed by atoms with Crippen LogP contribution in [-0.2, 0) is 11.6 Å². The van der Waals surface area contributed by atoms with E-state index in [0.29, 0.717) is 5.92 Å². The van der Waals surface area contributed by atoms with Crippen molar-refractivity contribution < 1.29 is 4.57 Å². The number of aromatic nitrogens is 2. The van der Waals surface area contributed by atoms with E-state index in [1.807, 2.05) is 24.3 Å². The van der Waals surface area contributed by atoms with Gasteiger partial charge in [-0.15, -0.1) is 0 Å². The van der Waals surface area contributed by atoms with Gasteiger partial charge in [-0.25, -0.2) is 4.98 Å². The third kappa shape index (κ3) is 4.78. The molecule has 1 N–H and O–H groups in total. The minimum atomic E-state index is -2.46. The topological polar surface area (TPSA) is 46.9 Å². The first-order chi connectivity index (χ1) is 16.6. The first-order valence-corrected chi connectivity index (χ1v) is 14.8. The van der Waals surface area contributed by atoms with Crippen molar-refractivity contribution in [1.82, 2.24) is 9.55 Å². The van der Waals surface area contributed by atoms with Crippen molar-refractivity contribution in [3.63, 3.8) is 0 Å². The number of hydrogen-bond acceptors (Lipinski definition) is 3. The monoisotopic (exact) mass is 489 g/mol. The second kappa shape index (κ2) is 10.2. The summed E-state index contributed by atoms with van der Waals surface area (Å²) in [5.41, 5.74) is 6.39. The highest BCUT2D eigenvalue weighted by atomic mass is 31.2. The number of nitrogens with one attached hydrogen (secondary N) is 1. The Balaban J connectivity index is 1.69. The summed E-state index contributed by atoms with van der Waals surface area (Å²) in [5, 5.41) is 4.44. The summed E-state index contributed by atoms with van der Waals surface area (Å²) < 4.78 is 16.0. The second-order valence-corrected chi connectivity index (χ2v) is 14.6. The minimum absolute atomic E-state index is 0.121. The molecular formula is C30H40N3OP. The van der Waals surface area contributed by atoms with E-state index in [4.69, 9.17) is 4.98 Å². The lowest BCUT2D eigenvalue weighted by Crippen LogP contribution is -2.19. The van der Waals surface area contributed by atoms with E-state index in [1.165, 1.54) is 36.8 Å². The predicted octanol–water partition coefficient (Wildman–Crippen LogP) is 7.94. The lowest BCUT2D eigenvalue weighted by Gasteiger charge is -2.26. The maximum absolute atomic E-state index is 13.7. The molecule has 35 heavy (non-hydrogen) atoms. The van der Waals surface area contributed by atoms with E-state index >= 15 is 0 Å². The summed E-state index contributed by atoms with van der Waals surface area (Å²) >= 11 is 0. The highest BCUT2D eigenvalue weighted by Crippen LogP contribution is 2.53. The van der Waals surface area contributed by atoms with Crippen LogP contribution >= 0.6 is 7.14 Å². The van der Waals surface area contributed by atoms with Crippen LogP contribution in [0.4, 0.5) is 5.69 Å². The summed E-state index contributed by atoms with van der Waals surface area (Å²) in [5.74, 6) is 1.66. The van der Waals surface area contributed by atoms with Gasteiger partial charge in [0, 0.05) is 40.8 Å². The largest absolute Gasteiger partial charge is 0.354 e. The van der Waals surface area contributed by atoms with Crippen molar-refractivity contribution in [3.8, 4) is 11.3 Å². The maximum Gasteiger partial charge on any atom is 0.120 e. The first kappa shape index (κ1) is 25.5. The van der Waals surface area contributed by atoms with Crippen LogP contribution in [0.25, 0.3) is 17.0 Å². The van der Waals surface area contributed by atoms with Crippen molar-refractivity contribution >= 4 is 23.8 Å². The van der Waals surface area contributed by atoms with Gasteiger partial charge in [-0.1, -0.05) is 71.4 Å². The lowest BCUT2D eigenvalue weighted by atomic mass is 10.0. The molecule has 1 aliphatic rings. The van der Waals surface area contributed by atoms with Gasteiger partial charge in [0.2, 0.25) is 0 Å². The molecule has 1 saturated carbocycles. The third-order valence-electron chi connectivity index (χ3n) is 7.64. The van der Waals surface area contributed by atoms with Crippen LogP contribution in [0.5, 0.6) is 0 Å². The first-order valence-electron chi connectivity index (χ1n) is 12.9. The molecule has 0 spiro atoms. The molecule has 2 aromatic carbocycles. The van der Waals surface area contributed by atoms with Gasteiger partial charge in [-0.2, -0.15) is 0 Å². The second-order valence-electron chi connectivity index (χ2n) is 10.6. The van der Waals surface area contributed by atoms with E-state index in [2.05, 4.69) is 82.4 Å². The molecular weight excluding hydrogens is 449 g/mol. The fraction of sp³-hybridized carbons (Fsp3) is 0.433. The molecule has 1 aliphatic carbocycles. The standard InChI is InChI=1S/C30H40N3OP/c1-20(2)35(34,21(3)4)26-18-16-25(17-19-26)31-23(6)28-29(27-15-11-8-12-22(27)5)33(7)30(32-28)24-13-9-10-14-24/h8,11-12,15-21,24,31H,6,9-10,13-14H2,1-5,7H3. The highest BCUT2D eigenvalue weighted by molar-refractivity contribution is 7.72. The Morgan fingerprint density at radius 3 is 2.20 bits per heavy atom. The van der Waals surface area contributed by atoms with Gasteiger partial charge in [-0.3, -0.25) is 0 Å².